The Morgan fingerprint density at radius 3 is 2.64 bits per heavy atom. The van der Waals surface area contributed by atoms with Gasteiger partial charge in [-0.1, -0.05) is 35.4 Å². The van der Waals surface area contributed by atoms with Gasteiger partial charge < -0.3 is 4.90 Å². The number of halogens is 1. The average Bonchev–Trinajstić information content (AvgIpc) is 2.97. The molecule has 1 aliphatic rings. The molecule has 0 bridgehead atoms. The monoisotopic (exact) mass is 316 g/mol. The van der Waals surface area contributed by atoms with E-state index < -0.39 is 4.92 Å². The summed E-state index contributed by atoms with van der Waals surface area (Å²) in [6, 6.07) is 13.7. The Hall–Kier alpha value is -2.07. The van der Waals surface area contributed by atoms with Crippen molar-refractivity contribution in [1.82, 2.24) is 0 Å². The minimum atomic E-state index is -0.420. The van der Waals surface area contributed by atoms with Crippen molar-refractivity contribution in [2.24, 2.45) is 0 Å². The summed E-state index contributed by atoms with van der Waals surface area (Å²) in [6.07, 6.45) is 2.07. The van der Waals surface area contributed by atoms with Gasteiger partial charge in [-0.05, 0) is 43.5 Å². The molecule has 1 atom stereocenters. The van der Waals surface area contributed by atoms with E-state index >= 15 is 0 Å². The Bertz CT molecular complexity index is 700. The second-order valence-corrected chi connectivity index (χ2v) is 6.06. The lowest BCUT2D eigenvalue weighted by Crippen LogP contribution is -2.22. The Morgan fingerprint density at radius 2 is 1.95 bits per heavy atom. The van der Waals surface area contributed by atoms with Gasteiger partial charge in [0.1, 0.15) is 5.02 Å². The Kier molecular flexibility index (Phi) is 4.03. The number of nitro benzene ring substituents is 1. The number of nitro groups is 1. The van der Waals surface area contributed by atoms with E-state index in [1.54, 1.807) is 12.1 Å². The topological polar surface area (TPSA) is 46.4 Å². The summed E-state index contributed by atoms with van der Waals surface area (Å²) in [7, 11) is 0. The molecule has 2 aromatic carbocycles. The second kappa shape index (κ2) is 5.97. The summed E-state index contributed by atoms with van der Waals surface area (Å²) in [5.74, 6) is 0. The minimum Gasteiger partial charge on any atom is -0.364 e. The fourth-order valence-electron chi connectivity index (χ4n) is 3.04. The molecular formula is C17H17ClN2O2. The van der Waals surface area contributed by atoms with Crippen molar-refractivity contribution < 1.29 is 4.92 Å². The van der Waals surface area contributed by atoms with Crippen LogP contribution in [0.3, 0.4) is 0 Å². The maximum atomic E-state index is 11.1. The highest BCUT2D eigenvalue weighted by Crippen LogP contribution is 2.38. The van der Waals surface area contributed by atoms with Crippen LogP contribution in [-0.2, 0) is 0 Å². The lowest BCUT2D eigenvalue weighted by Gasteiger charge is -2.27. The Morgan fingerprint density at radius 1 is 1.23 bits per heavy atom. The zero-order chi connectivity index (χ0) is 15.7. The van der Waals surface area contributed by atoms with Crippen LogP contribution in [0.2, 0.25) is 5.02 Å². The summed E-state index contributed by atoms with van der Waals surface area (Å²) >= 11 is 5.91. The van der Waals surface area contributed by atoms with Crippen molar-refractivity contribution in [2.45, 2.75) is 25.8 Å². The number of hydrogen-bond acceptors (Lipinski definition) is 3. The maximum Gasteiger partial charge on any atom is 0.288 e. The normalized spacial score (nSPS) is 17.7. The van der Waals surface area contributed by atoms with Crippen LogP contribution in [0.5, 0.6) is 0 Å². The van der Waals surface area contributed by atoms with Crippen LogP contribution in [-0.4, -0.2) is 11.5 Å². The van der Waals surface area contributed by atoms with Gasteiger partial charge in [-0.3, -0.25) is 10.1 Å². The van der Waals surface area contributed by atoms with Crippen molar-refractivity contribution in [3.8, 4) is 0 Å². The molecule has 0 N–H and O–H groups in total. The molecule has 0 amide bonds. The molecular weight excluding hydrogens is 300 g/mol. The van der Waals surface area contributed by atoms with Crippen molar-refractivity contribution in [3.05, 3.63) is 68.7 Å². The molecule has 5 heteroatoms. The summed E-state index contributed by atoms with van der Waals surface area (Å²) in [5, 5.41) is 11.3. The van der Waals surface area contributed by atoms with Crippen molar-refractivity contribution in [2.75, 3.05) is 11.4 Å². The summed E-state index contributed by atoms with van der Waals surface area (Å²) in [4.78, 5) is 13.0. The third-order valence-corrected chi connectivity index (χ3v) is 4.49. The van der Waals surface area contributed by atoms with Gasteiger partial charge in [0.05, 0.1) is 11.0 Å². The number of anilines is 1. The fraction of sp³-hybridized carbons (Fsp3) is 0.294. The first kappa shape index (κ1) is 14.9. The zero-order valence-corrected chi connectivity index (χ0v) is 13.1. The fourth-order valence-corrected chi connectivity index (χ4v) is 3.22. The third-order valence-electron chi connectivity index (χ3n) is 4.17. The molecule has 22 heavy (non-hydrogen) atoms. The predicted octanol–water partition coefficient (Wildman–Crippen LogP) is 4.90. The van der Waals surface area contributed by atoms with E-state index in [-0.39, 0.29) is 16.8 Å². The quantitative estimate of drug-likeness (QED) is 0.597. The number of aryl methyl sites for hydroxylation is 1. The summed E-state index contributed by atoms with van der Waals surface area (Å²) in [6.45, 7) is 3.03. The molecule has 0 aliphatic carbocycles. The number of nitrogens with zero attached hydrogens (tertiary/aromatic N) is 2. The SMILES string of the molecule is Cc1ccc(N2CCCC2c2ccc(Cl)c([N+](=O)[O-])c2)cc1. The van der Waals surface area contributed by atoms with Crippen LogP contribution in [0.4, 0.5) is 11.4 Å². The molecule has 1 fully saturated rings. The van der Waals surface area contributed by atoms with Crippen LogP contribution < -0.4 is 4.90 Å². The smallest absolute Gasteiger partial charge is 0.288 e. The van der Waals surface area contributed by atoms with E-state index in [0.29, 0.717) is 0 Å². The van der Waals surface area contributed by atoms with Crippen LogP contribution in [0.15, 0.2) is 42.5 Å². The van der Waals surface area contributed by atoms with Gasteiger partial charge in [-0.15, -0.1) is 0 Å². The Labute approximate surface area is 134 Å². The first-order valence-electron chi connectivity index (χ1n) is 7.33. The van der Waals surface area contributed by atoms with E-state index in [1.807, 2.05) is 6.07 Å². The van der Waals surface area contributed by atoms with Gasteiger partial charge in [-0.25, -0.2) is 0 Å². The molecule has 0 radical (unpaired) electrons. The van der Waals surface area contributed by atoms with Gasteiger partial charge >= 0.3 is 0 Å². The lowest BCUT2D eigenvalue weighted by atomic mass is 10.0. The van der Waals surface area contributed by atoms with Crippen LogP contribution in [0, 0.1) is 17.0 Å². The van der Waals surface area contributed by atoms with E-state index in [9.17, 15) is 10.1 Å². The lowest BCUT2D eigenvalue weighted by molar-refractivity contribution is -0.384. The Balaban J connectivity index is 1.95. The summed E-state index contributed by atoms with van der Waals surface area (Å²) in [5.41, 5.74) is 3.32. The van der Waals surface area contributed by atoms with E-state index in [0.717, 1.165) is 30.6 Å². The van der Waals surface area contributed by atoms with Crippen LogP contribution in [0.1, 0.15) is 30.0 Å². The van der Waals surface area contributed by atoms with Crippen molar-refractivity contribution >= 4 is 23.0 Å². The predicted molar refractivity (Wildman–Crippen MR) is 88.6 cm³/mol. The van der Waals surface area contributed by atoms with Gasteiger partial charge in [0.15, 0.2) is 0 Å². The standard InChI is InChI=1S/C17H17ClN2O2/c1-12-4-7-14(8-5-12)19-10-2-3-16(19)13-6-9-15(18)17(11-13)20(21)22/h4-9,11,16H,2-3,10H2,1H3. The maximum absolute atomic E-state index is 11.1. The number of rotatable bonds is 3. The number of hydrogen-bond donors (Lipinski definition) is 0. The molecule has 4 nitrogen and oxygen atoms in total. The first-order valence-corrected chi connectivity index (χ1v) is 7.71. The molecule has 3 rings (SSSR count). The highest BCUT2D eigenvalue weighted by atomic mass is 35.5. The second-order valence-electron chi connectivity index (χ2n) is 5.65. The third kappa shape index (κ3) is 2.79. The molecule has 114 valence electrons. The zero-order valence-electron chi connectivity index (χ0n) is 12.3. The molecule has 0 aromatic heterocycles. The van der Waals surface area contributed by atoms with Crippen LogP contribution in [0.25, 0.3) is 0 Å². The molecule has 2 aromatic rings. The minimum absolute atomic E-state index is 0.0186. The molecule has 1 aliphatic heterocycles. The molecule has 1 saturated heterocycles. The van der Waals surface area contributed by atoms with E-state index in [1.165, 1.54) is 5.56 Å². The molecule has 0 saturated carbocycles. The number of benzene rings is 2. The van der Waals surface area contributed by atoms with E-state index in [4.69, 9.17) is 11.6 Å². The van der Waals surface area contributed by atoms with Gasteiger partial charge in [0.2, 0.25) is 0 Å². The van der Waals surface area contributed by atoms with Crippen molar-refractivity contribution in [1.29, 1.82) is 0 Å². The molecule has 0 spiro atoms. The van der Waals surface area contributed by atoms with Crippen LogP contribution >= 0.6 is 11.6 Å². The molecule has 1 unspecified atom stereocenters. The van der Waals surface area contributed by atoms with Gasteiger partial charge in [0.25, 0.3) is 5.69 Å². The van der Waals surface area contributed by atoms with Gasteiger partial charge in [0, 0.05) is 18.3 Å². The van der Waals surface area contributed by atoms with E-state index in [2.05, 4.69) is 36.1 Å². The average molecular weight is 317 g/mol. The largest absolute Gasteiger partial charge is 0.364 e. The first-order chi connectivity index (χ1) is 10.6. The highest BCUT2D eigenvalue weighted by molar-refractivity contribution is 6.32. The molecule has 1 heterocycles. The summed E-state index contributed by atoms with van der Waals surface area (Å²) < 4.78 is 0. The van der Waals surface area contributed by atoms with Gasteiger partial charge in [-0.2, -0.15) is 0 Å². The van der Waals surface area contributed by atoms with Crippen molar-refractivity contribution in [3.63, 3.8) is 0 Å². The highest BCUT2D eigenvalue weighted by Gasteiger charge is 2.28.